The molecule has 1 N–H and O–H groups in total. The molecule has 3 nitrogen and oxygen atoms in total. The first kappa shape index (κ1) is 15.8. The molecular formula is C18H26N2OS. The topological polar surface area (TPSA) is 32.3 Å². The van der Waals surface area contributed by atoms with Crippen LogP contribution >= 0.6 is 11.3 Å². The van der Waals surface area contributed by atoms with Crippen LogP contribution < -0.4 is 5.32 Å². The predicted molar refractivity (Wildman–Crippen MR) is 92.2 cm³/mol. The second kappa shape index (κ2) is 7.93. The fourth-order valence-electron chi connectivity index (χ4n) is 3.48. The zero-order chi connectivity index (χ0) is 15.2. The average molecular weight is 318 g/mol. The van der Waals surface area contributed by atoms with E-state index in [2.05, 4.69) is 39.9 Å². The molecular weight excluding hydrogens is 292 g/mol. The van der Waals surface area contributed by atoms with Crippen LogP contribution in [0, 0.1) is 5.92 Å². The molecule has 0 spiro atoms. The lowest BCUT2D eigenvalue weighted by Crippen LogP contribution is -2.40. The quantitative estimate of drug-likeness (QED) is 0.844. The zero-order valence-electron chi connectivity index (χ0n) is 13.2. The molecule has 0 saturated carbocycles. The predicted octanol–water partition coefficient (Wildman–Crippen LogP) is 3.40. The SMILES string of the molecule is O=C(NCCN1CCC(c2cccs2)CC1)C1CC=CCC1. The summed E-state index contributed by atoms with van der Waals surface area (Å²) in [6.07, 6.45) is 9.80. The molecule has 1 atom stereocenters. The van der Waals surface area contributed by atoms with Gasteiger partial charge < -0.3 is 10.2 Å². The van der Waals surface area contributed by atoms with Crippen molar-refractivity contribution in [3.05, 3.63) is 34.5 Å². The van der Waals surface area contributed by atoms with E-state index < -0.39 is 0 Å². The summed E-state index contributed by atoms with van der Waals surface area (Å²) in [6.45, 7) is 4.10. The Morgan fingerprint density at radius 2 is 2.14 bits per heavy atom. The molecule has 1 saturated heterocycles. The lowest BCUT2D eigenvalue weighted by molar-refractivity contribution is -0.125. The number of rotatable bonds is 5. The molecule has 0 bridgehead atoms. The maximum absolute atomic E-state index is 12.1. The highest BCUT2D eigenvalue weighted by atomic mass is 32.1. The molecule has 1 unspecified atom stereocenters. The number of carbonyl (C=O) groups excluding carboxylic acids is 1. The summed E-state index contributed by atoms with van der Waals surface area (Å²) in [5.74, 6) is 1.20. The van der Waals surface area contributed by atoms with Gasteiger partial charge in [-0.05, 0) is 62.6 Å². The summed E-state index contributed by atoms with van der Waals surface area (Å²) >= 11 is 1.89. The zero-order valence-corrected chi connectivity index (χ0v) is 14.0. The molecule has 1 aliphatic carbocycles. The highest BCUT2D eigenvalue weighted by Gasteiger charge is 2.22. The maximum Gasteiger partial charge on any atom is 0.223 e. The lowest BCUT2D eigenvalue weighted by Gasteiger charge is -2.31. The van der Waals surface area contributed by atoms with Crippen molar-refractivity contribution in [2.24, 2.45) is 5.92 Å². The molecule has 1 aromatic rings. The molecule has 1 fully saturated rings. The molecule has 0 radical (unpaired) electrons. The summed E-state index contributed by atoms with van der Waals surface area (Å²) < 4.78 is 0. The van der Waals surface area contributed by atoms with E-state index in [0.717, 1.165) is 51.4 Å². The summed E-state index contributed by atoms with van der Waals surface area (Å²) in [5, 5.41) is 5.30. The minimum atomic E-state index is 0.203. The van der Waals surface area contributed by atoms with E-state index in [9.17, 15) is 4.79 Å². The van der Waals surface area contributed by atoms with Crippen LogP contribution in [0.2, 0.25) is 0 Å². The van der Waals surface area contributed by atoms with Gasteiger partial charge in [0.1, 0.15) is 0 Å². The Kier molecular flexibility index (Phi) is 5.68. The molecule has 0 aromatic carbocycles. The van der Waals surface area contributed by atoms with E-state index in [0.29, 0.717) is 0 Å². The average Bonchev–Trinajstić information content (AvgIpc) is 3.11. The van der Waals surface area contributed by atoms with Crippen molar-refractivity contribution in [1.29, 1.82) is 0 Å². The normalized spacial score (nSPS) is 23.5. The first-order valence-electron chi connectivity index (χ1n) is 8.51. The molecule has 120 valence electrons. The monoisotopic (exact) mass is 318 g/mol. The van der Waals surface area contributed by atoms with E-state index in [1.165, 1.54) is 12.8 Å². The van der Waals surface area contributed by atoms with Crippen LogP contribution in [0.15, 0.2) is 29.7 Å². The lowest BCUT2D eigenvalue weighted by atomic mass is 9.93. The smallest absolute Gasteiger partial charge is 0.223 e. The van der Waals surface area contributed by atoms with Crippen molar-refractivity contribution >= 4 is 17.2 Å². The second-order valence-electron chi connectivity index (χ2n) is 6.40. The number of piperidine rings is 1. The van der Waals surface area contributed by atoms with Crippen molar-refractivity contribution < 1.29 is 4.79 Å². The van der Waals surface area contributed by atoms with Gasteiger partial charge in [-0.1, -0.05) is 18.2 Å². The molecule has 4 heteroatoms. The molecule has 1 aromatic heterocycles. The van der Waals surface area contributed by atoms with Crippen molar-refractivity contribution in [2.75, 3.05) is 26.2 Å². The number of amides is 1. The van der Waals surface area contributed by atoms with Crippen molar-refractivity contribution in [3.8, 4) is 0 Å². The van der Waals surface area contributed by atoms with Gasteiger partial charge >= 0.3 is 0 Å². The summed E-state index contributed by atoms with van der Waals surface area (Å²) in [7, 11) is 0. The maximum atomic E-state index is 12.1. The summed E-state index contributed by atoms with van der Waals surface area (Å²) in [6, 6.07) is 4.42. The number of carbonyl (C=O) groups is 1. The summed E-state index contributed by atoms with van der Waals surface area (Å²) in [4.78, 5) is 16.1. The number of hydrogen-bond donors (Lipinski definition) is 1. The number of thiophene rings is 1. The number of likely N-dealkylation sites (tertiary alicyclic amines) is 1. The largest absolute Gasteiger partial charge is 0.355 e. The number of nitrogens with zero attached hydrogens (tertiary/aromatic N) is 1. The fraction of sp³-hybridized carbons (Fsp3) is 0.611. The minimum absolute atomic E-state index is 0.203. The van der Waals surface area contributed by atoms with Gasteiger partial charge in [-0.2, -0.15) is 0 Å². The molecule has 1 aliphatic heterocycles. The van der Waals surface area contributed by atoms with Gasteiger partial charge in [0.25, 0.3) is 0 Å². The second-order valence-corrected chi connectivity index (χ2v) is 7.38. The Morgan fingerprint density at radius 3 is 2.82 bits per heavy atom. The van der Waals surface area contributed by atoms with Crippen LogP contribution in [0.3, 0.4) is 0 Å². The third-order valence-corrected chi connectivity index (χ3v) is 5.94. The van der Waals surface area contributed by atoms with Crippen LogP contribution in [-0.4, -0.2) is 37.0 Å². The van der Waals surface area contributed by atoms with Crippen LogP contribution in [-0.2, 0) is 4.79 Å². The van der Waals surface area contributed by atoms with Gasteiger partial charge in [-0.3, -0.25) is 4.79 Å². The van der Waals surface area contributed by atoms with Gasteiger partial charge in [-0.25, -0.2) is 0 Å². The van der Waals surface area contributed by atoms with Gasteiger partial charge in [0, 0.05) is 23.9 Å². The number of nitrogens with one attached hydrogen (secondary N) is 1. The molecule has 1 amide bonds. The van der Waals surface area contributed by atoms with E-state index >= 15 is 0 Å². The molecule has 2 aliphatic rings. The van der Waals surface area contributed by atoms with E-state index in [4.69, 9.17) is 0 Å². The Morgan fingerprint density at radius 1 is 1.27 bits per heavy atom. The first-order valence-corrected chi connectivity index (χ1v) is 9.39. The Bertz CT molecular complexity index is 489. The molecule has 2 heterocycles. The standard InChI is InChI=1S/C18H26N2OS/c21-18(16-5-2-1-3-6-16)19-10-13-20-11-8-15(9-12-20)17-7-4-14-22-17/h1-2,4,7,14-16H,3,5-6,8-13H2,(H,19,21). The van der Waals surface area contributed by atoms with Crippen molar-refractivity contribution in [2.45, 2.75) is 38.0 Å². The van der Waals surface area contributed by atoms with Crippen molar-refractivity contribution in [1.82, 2.24) is 10.2 Å². The van der Waals surface area contributed by atoms with Crippen LogP contribution in [0.1, 0.15) is 42.9 Å². The van der Waals surface area contributed by atoms with Gasteiger partial charge in [0.05, 0.1) is 0 Å². The minimum Gasteiger partial charge on any atom is -0.355 e. The van der Waals surface area contributed by atoms with Gasteiger partial charge in [0.15, 0.2) is 0 Å². The Balaban J connectivity index is 1.33. The highest BCUT2D eigenvalue weighted by Crippen LogP contribution is 2.30. The third-order valence-electron chi connectivity index (χ3n) is 4.90. The number of hydrogen-bond acceptors (Lipinski definition) is 3. The Hall–Kier alpha value is -1.13. The van der Waals surface area contributed by atoms with E-state index in [1.54, 1.807) is 4.88 Å². The van der Waals surface area contributed by atoms with Gasteiger partial charge in [-0.15, -0.1) is 11.3 Å². The van der Waals surface area contributed by atoms with Crippen LogP contribution in [0.4, 0.5) is 0 Å². The first-order chi connectivity index (χ1) is 10.8. The highest BCUT2D eigenvalue weighted by molar-refractivity contribution is 7.10. The van der Waals surface area contributed by atoms with Crippen LogP contribution in [0.5, 0.6) is 0 Å². The van der Waals surface area contributed by atoms with E-state index in [1.807, 2.05) is 11.3 Å². The number of allylic oxidation sites excluding steroid dienone is 2. The van der Waals surface area contributed by atoms with E-state index in [-0.39, 0.29) is 11.8 Å². The Labute approximate surface area is 137 Å². The molecule has 3 rings (SSSR count). The van der Waals surface area contributed by atoms with Gasteiger partial charge in [0.2, 0.25) is 5.91 Å². The summed E-state index contributed by atoms with van der Waals surface area (Å²) in [5.41, 5.74) is 0. The van der Waals surface area contributed by atoms with Crippen LogP contribution in [0.25, 0.3) is 0 Å². The fourth-order valence-corrected chi connectivity index (χ4v) is 4.38. The van der Waals surface area contributed by atoms with Crippen molar-refractivity contribution in [3.63, 3.8) is 0 Å². The molecule has 22 heavy (non-hydrogen) atoms. The third kappa shape index (κ3) is 4.20.